The van der Waals surface area contributed by atoms with E-state index in [0.29, 0.717) is 25.8 Å². The molecule has 0 radical (unpaired) electrons. The van der Waals surface area contributed by atoms with Gasteiger partial charge in [0.2, 0.25) is 0 Å². The van der Waals surface area contributed by atoms with Crippen LogP contribution in [0.15, 0.2) is 0 Å². The fourth-order valence-corrected chi connectivity index (χ4v) is 2.99. The molecule has 0 aliphatic carbocycles. The summed E-state index contributed by atoms with van der Waals surface area (Å²) in [6, 6.07) is 0.615. The summed E-state index contributed by atoms with van der Waals surface area (Å²) in [5.41, 5.74) is 0. The molecule has 0 aromatic heterocycles. The highest BCUT2D eigenvalue weighted by molar-refractivity contribution is 4.76. The van der Waals surface area contributed by atoms with E-state index in [9.17, 15) is 5.11 Å². The first kappa shape index (κ1) is 16.2. The summed E-state index contributed by atoms with van der Waals surface area (Å²) in [7, 11) is 2.19. The third-order valence-electron chi connectivity index (χ3n) is 4.32. The topological polar surface area (TPSA) is 54.0 Å². The number of ether oxygens (including phenoxy) is 2. The van der Waals surface area contributed by atoms with Crippen LogP contribution in [-0.2, 0) is 9.47 Å². The lowest BCUT2D eigenvalue weighted by molar-refractivity contribution is -0.0167. The molecule has 2 N–H and O–H groups in total. The summed E-state index contributed by atoms with van der Waals surface area (Å²) in [6.07, 6.45) is 5.93. The largest absolute Gasteiger partial charge is 0.389 e. The van der Waals surface area contributed by atoms with Crippen molar-refractivity contribution >= 4 is 0 Å². The molecule has 2 rings (SSSR count). The van der Waals surface area contributed by atoms with Crippen molar-refractivity contribution in [3.63, 3.8) is 0 Å². The minimum Gasteiger partial charge on any atom is -0.389 e. The Morgan fingerprint density at radius 2 is 2.25 bits per heavy atom. The van der Waals surface area contributed by atoms with Crippen molar-refractivity contribution in [2.75, 3.05) is 46.5 Å². The highest BCUT2D eigenvalue weighted by Crippen LogP contribution is 2.14. The van der Waals surface area contributed by atoms with E-state index in [1.165, 1.54) is 25.8 Å². The molecule has 0 spiro atoms. The van der Waals surface area contributed by atoms with Crippen LogP contribution in [0.1, 0.15) is 32.1 Å². The zero-order valence-electron chi connectivity index (χ0n) is 12.7. The predicted molar refractivity (Wildman–Crippen MR) is 78.9 cm³/mol. The summed E-state index contributed by atoms with van der Waals surface area (Å²) >= 11 is 0. The third kappa shape index (κ3) is 5.66. The molecule has 2 fully saturated rings. The maximum absolute atomic E-state index is 9.88. The Morgan fingerprint density at radius 3 is 3.00 bits per heavy atom. The SMILES string of the molecule is CN1CCCCC1CNCC(O)COCC1CCCO1. The number of nitrogens with zero attached hydrogens (tertiary/aromatic N) is 1. The van der Waals surface area contributed by atoms with E-state index >= 15 is 0 Å². The lowest BCUT2D eigenvalue weighted by Crippen LogP contribution is -2.45. The number of hydrogen-bond donors (Lipinski definition) is 2. The van der Waals surface area contributed by atoms with Crippen LogP contribution in [-0.4, -0.2) is 74.8 Å². The molecule has 2 aliphatic rings. The van der Waals surface area contributed by atoms with Gasteiger partial charge in [0.25, 0.3) is 0 Å². The van der Waals surface area contributed by atoms with E-state index in [2.05, 4.69) is 17.3 Å². The second-order valence-corrected chi connectivity index (χ2v) is 6.11. The molecule has 0 amide bonds. The van der Waals surface area contributed by atoms with Gasteiger partial charge in [0.1, 0.15) is 0 Å². The second-order valence-electron chi connectivity index (χ2n) is 6.11. The molecular formula is C15H30N2O3. The molecule has 118 valence electrons. The molecule has 0 bridgehead atoms. The van der Waals surface area contributed by atoms with E-state index in [-0.39, 0.29) is 6.10 Å². The van der Waals surface area contributed by atoms with Crippen molar-refractivity contribution in [1.82, 2.24) is 10.2 Å². The van der Waals surface area contributed by atoms with Crippen molar-refractivity contribution in [2.45, 2.75) is 50.4 Å². The van der Waals surface area contributed by atoms with Gasteiger partial charge in [0.15, 0.2) is 0 Å². The molecule has 5 heteroatoms. The number of piperidine rings is 1. The number of aliphatic hydroxyl groups excluding tert-OH is 1. The first-order valence-electron chi connectivity index (χ1n) is 8.04. The zero-order valence-corrected chi connectivity index (χ0v) is 12.7. The van der Waals surface area contributed by atoms with Gasteiger partial charge in [-0.2, -0.15) is 0 Å². The molecule has 5 nitrogen and oxygen atoms in total. The molecule has 2 aliphatic heterocycles. The average Bonchev–Trinajstić information content (AvgIpc) is 2.94. The van der Waals surface area contributed by atoms with Crippen LogP contribution in [0.4, 0.5) is 0 Å². The Kier molecular flexibility index (Phi) is 7.24. The van der Waals surface area contributed by atoms with Gasteiger partial charge in [-0.3, -0.25) is 0 Å². The quantitative estimate of drug-likeness (QED) is 0.685. The van der Waals surface area contributed by atoms with Crippen LogP contribution in [0.2, 0.25) is 0 Å². The Hall–Kier alpha value is -0.200. The van der Waals surface area contributed by atoms with Crippen LogP contribution < -0.4 is 5.32 Å². The first-order chi connectivity index (χ1) is 9.75. The van der Waals surface area contributed by atoms with Gasteiger partial charge in [-0.05, 0) is 39.3 Å². The number of nitrogens with one attached hydrogen (secondary N) is 1. The van der Waals surface area contributed by atoms with E-state index < -0.39 is 6.10 Å². The van der Waals surface area contributed by atoms with Gasteiger partial charge < -0.3 is 24.8 Å². The number of hydrogen-bond acceptors (Lipinski definition) is 5. The molecular weight excluding hydrogens is 256 g/mol. The highest BCUT2D eigenvalue weighted by atomic mass is 16.5. The van der Waals surface area contributed by atoms with Gasteiger partial charge in [0, 0.05) is 25.7 Å². The third-order valence-corrected chi connectivity index (χ3v) is 4.32. The lowest BCUT2D eigenvalue weighted by Gasteiger charge is -2.32. The average molecular weight is 286 g/mol. The van der Waals surface area contributed by atoms with Crippen LogP contribution in [0.25, 0.3) is 0 Å². The van der Waals surface area contributed by atoms with Gasteiger partial charge in [-0.25, -0.2) is 0 Å². The Morgan fingerprint density at radius 1 is 1.35 bits per heavy atom. The molecule has 20 heavy (non-hydrogen) atoms. The second kappa shape index (κ2) is 8.95. The smallest absolute Gasteiger partial charge is 0.0897 e. The van der Waals surface area contributed by atoms with Crippen LogP contribution in [0, 0.1) is 0 Å². The standard InChI is InChI=1S/C15H30N2O3/c1-17-7-3-2-5-13(17)9-16-10-14(18)11-19-12-15-6-4-8-20-15/h13-16,18H,2-12H2,1H3. The first-order valence-corrected chi connectivity index (χ1v) is 8.04. The summed E-state index contributed by atoms with van der Waals surface area (Å²) in [4.78, 5) is 2.41. The Bertz CT molecular complexity index is 260. The van der Waals surface area contributed by atoms with Crippen LogP contribution in [0.3, 0.4) is 0 Å². The predicted octanol–water partition coefficient (Wildman–Crippen LogP) is 0.617. The molecule has 0 aromatic rings. The van der Waals surface area contributed by atoms with Crippen LogP contribution >= 0.6 is 0 Å². The van der Waals surface area contributed by atoms with E-state index in [0.717, 1.165) is 26.0 Å². The van der Waals surface area contributed by atoms with E-state index in [1.807, 2.05) is 0 Å². The molecule has 0 aromatic carbocycles. The van der Waals surface area contributed by atoms with Crippen molar-refractivity contribution in [3.05, 3.63) is 0 Å². The van der Waals surface area contributed by atoms with E-state index in [1.54, 1.807) is 0 Å². The fraction of sp³-hybridized carbons (Fsp3) is 1.00. The monoisotopic (exact) mass is 286 g/mol. The minimum atomic E-state index is -0.426. The number of aliphatic hydroxyl groups is 1. The van der Waals surface area contributed by atoms with Crippen molar-refractivity contribution < 1.29 is 14.6 Å². The van der Waals surface area contributed by atoms with Gasteiger partial charge in [-0.15, -0.1) is 0 Å². The fourth-order valence-electron chi connectivity index (χ4n) is 2.99. The molecule has 0 saturated carbocycles. The summed E-state index contributed by atoms with van der Waals surface area (Å²) in [6.45, 7) is 4.62. The molecule has 2 saturated heterocycles. The number of likely N-dealkylation sites (N-methyl/N-ethyl adjacent to an activating group) is 1. The zero-order chi connectivity index (χ0) is 14.2. The minimum absolute atomic E-state index is 0.242. The summed E-state index contributed by atoms with van der Waals surface area (Å²) in [5.74, 6) is 0. The maximum atomic E-state index is 9.88. The van der Waals surface area contributed by atoms with Gasteiger partial charge in [-0.1, -0.05) is 6.42 Å². The van der Waals surface area contributed by atoms with Gasteiger partial charge in [0.05, 0.1) is 25.4 Å². The van der Waals surface area contributed by atoms with Crippen molar-refractivity contribution in [1.29, 1.82) is 0 Å². The highest BCUT2D eigenvalue weighted by Gasteiger charge is 2.19. The Labute approximate surface area is 122 Å². The lowest BCUT2D eigenvalue weighted by atomic mass is 10.0. The van der Waals surface area contributed by atoms with Gasteiger partial charge >= 0.3 is 0 Å². The molecule has 3 atom stereocenters. The number of rotatable bonds is 8. The maximum Gasteiger partial charge on any atom is 0.0897 e. The van der Waals surface area contributed by atoms with Crippen molar-refractivity contribution in [3.8, 4) is 0 Å². The van der Waals surface area contributed by atoms with E-state index in [4.69, 9.17) is 9.47 Å². The number of likely N-dealkylation sites (tertiary alicyclic amines) is 1. The Balaban J connectivity index is 1.47. The van der Waals surface area contributed by atoms with Crippen LogP contribution in [0.5, 0.6) is 0 Å². The molecule has 2 heterocycles. The summed E-state index contributed by atoms with van der Waals surface area (Å²) < 4.78 is 11.0. The molecule has 3 unspecified atom stereocenters. The summed E-state index contributed by atoms with van der Waals surface area (Å²) in [5, 5.41) is 13.2. The van der Waals surface area contributed by atoms with Crippen molar-refractivity contribution in [2.24, 2.45) is 0 Å². The normalized spacial score (nSPS) is 29.7.